The van der Waals surface area contributed by atoms with Gasteiger partial charge in [-0.2, -0.15) is 0 Å². The lowest BCUT2D eigenvalue weighted by molar-refractivity contribution is -0.450. The first-order valence-electron chi connectivity index (χ1n) is 14.2. The van der Waals surface area contributed by atoms with Gasteiger partial charge in [-0.05, 0) is 37.5 Å². The molecule has 0 aromatic rings. The SMILES string of the molecule is C=CC(=O)OOC(COCC)(OC(=O)OC(COCC)(OOC(=O)C=C)C(C)(C)CC(C)(C)C)C(C)(C)CC(C)(C)C. The Morgan fingerprint density at radius 2 is 0.905 bits per heavy atom. The van der Waals surface area contributed by atoms with E-state index in [2.05, 4.69) is 13.2 Å². The van der Waals surface area contributed by atoms with Crippen LogP contribution in [0, 0.1) is 21.7 Å². The van der Waals surface area contributed by atoms with Gasteiger partial charge in [0.25, 0.3) is 11.6 Å². The summed E-state index contributed by atoms with van der Waals surface area (Å²) in [5.74, 6) is -5.79. The van der Waals surface area contributed by atoms with Crippen molar-refractivity contribution in [2.45, 2.75) is 108 Å². The van der Waals surface area contributed by atoms with E-state index >= 15 is 0 Å². The Balaban J connectivity index is 6.97. The molecular formula is C31H54O11. The van der Waals surface area contributed by atoms with E-state index in [1.54, 1.807) is 41.5 Å². The van der Waals surface area contributed by atoms with Crippen molar-refractivity contribution < 1.29 is 52.9 Å². The molecule has 0 amide bonds. The van der Waals surface area contributed by atoms with Gasteiger partial charge in [0, 0.05) is 36.2 Å². The molecule has 0 aliphatic rings. The van der Waals surface area contributed by atoms with Crippen LogP contribution >= 0.6 is 0 Å². The fraction of sp³-hybridized carbons (Fsp3) is 0.774. The highest BCUT2D eigenvalue weighted by molar-refractivity contribution is 5.81. The van der Waals surface area contributed by atoms with E-state index in [4.69, 9.17) is 38.5 Å². The Morgan fingerprint density at radius 1 is 0.595 bits per heavy atom. The van der Waals surface area contributed by atoms with Crippen molar-refractivity contribution in [3.05, 3.63) is 25.3 Å². The van der Waals surface area contributed by atoms with Gasteiger partial charge in [0.05, 0.1) is 0 Å². The van der Waals surface area contributed by atoms with Crippen molar-refractivity contribution in [3.8, 4) is 0 Å². The predicted octanol–water partition coefficient (Wildman–Crippen LogP) is 6.85. The maximum atomic E-state index is 13.8. The first-order valence-corrected chi connectivity index (χ1v) is 14.2. The standard InChI is InChI=1S/C31H54O11/c1-15-23(32)39-41-30(21-35-17-3,28(11,12)19-26(5,6)7)37-25(34)38-31(22-36-18-4,42-40-24(33)16-2)29(13,14)20-27(8,9)10/h15-16H,1-2,17-22H2,3-14H3. The minimum absolute atomic E-state index is 0.234. The third kappa shape index (κ3) is 12.4. The Bertz CT molecular complexity index is 839. The summed E-state index contributed by atoms with van der Waals surface area (Å²) in [5, 5.41) is 0. The maximum absolute atomic E-state index is 13.8. The number of hydrogen-bond donors (Lipinski definition) is 0. The zero-order chi connectivity index (χ0) is 33.0. The molecule has 0 heterocycles. The van der Waals surface area contributed by atoms with Crippen molar-refractivity contribution >= 4 is 18.1 Å². The van der Waals surface area contributed by atoms with Crippen LogP contribution in [0.3, 0.4) is 0 Å². The predicted molar refractivity (Wildman–Crippen MR) is 156 cm³/mol. The first-order chi connectivity index (χ1) is 19.0. The summed E-state index contributed by atoms with van der Waals surface area (Å²) in [6.07, 6.45) is 1.40. The van der Waals surface area contributed by atoms with Crippen LogP contribution in [0.15, 0.2) is 25.3 Å². The van der Waals surface area contributed by atoms with Gasteiger partial charge in [0.15, 0.2) is 0 Å². The largest absolute Gasteiger partial charge is 0.513 e. The number of rotatable bonds is 18. The second kappa shape index (κ2) is 15.8. The molecule has 0 N–H and O–H groups in total. The molecule has 244 valence electrons. The van der Waals surface area contributed by atoms with E-state index in [-0.39, 0.29) is 37.3 Å². The van der Waals surface area contributed by atoms with Crippen LogP contribution in [0.2, 0.25) is 0 Å². The molecule has 11 nitrogen and oxygen atoms in total. The van der Waals surface area contributed by atoms with Crippen LogP contribution in [0.5, 0.6) is 0 Å². The average molecular weight is 603 g/mol. The van der Waals surface area contributed by atoms with E-state index in [0.717, 1.165) is 12.2 Å². The molecule has 2 atom stereocenters. The summed E-state index contributed by atoms with van der Waals surface area (Å²) in [6.45, 7) is 29.2. The minimum Gasteiger partial charge on any atom is -0.394 e. The molecule has 0 saturated heterocycles. The van der Waals surface area contributed by atoms with E-state index in [1.165, 1.54) is 0 Å². The fourth-order valence-electron chi connectivity index (χ4n) is 5.00. The molecular weight excluding hydrogens is 548 g/mol. The van der Waals surface area contributed by atoms with Gasteiger partial charge in [-0.15, -0.1) is 9.78 Å². The van der Waals surface area contributed by atoms with Gasteiger partial charge in [-0.1, -0.05) is 82.4 Å². The van der Waals surface area contributed by atoms with Crippen LogP contribution in [-0.2, 0) is 48.1 Å². The van der Waals surface area contributed by atoms with Crippen molar-refractivity contribution in [2.75, 3.05) is 26.4 Å². The van der Waals surface area contributed by atoms with Crippen LogP contribution in [0.1, 0.15) is 95.9 Å². The molecule has 0 saturated carbocycles. The van der Waals surface area contributed by atoms with Crippen LogP contribution in [0.25, 0.3) is 0 Å². The lowest BCUT2D eigenvalue weighted by Gasteiger charge is -2.47. The number of hydrogen-bond acceptors (Lipinski definition) is 11. The molecule has 2 unspecified atom stereocenters. The molecule has 0 aliphatic carbocycles. The van der Waals surface area contributed by atoms with Crippen molar-refractivity contribution in [1.82, 2.24) is 0 Å². The van der Waals surface area contributed by atoms with Crippen molar-refractivity contribution in [1.29, 1.82) is 0 Å². The van der Waals surface area contributed by atoms with E-state index in [1.807, 2.05) is 41.5 Å². The highest BCUT2D eigenvalue weighted by atomic mass is 17.3. The van der Waals surface area contributed by atoms with Gasteiger partial charge in [-0.25, -0.2) is 14.4 Å². The zero-order valence-electron chi connectivity index (χ0n) is 27.8. The molecule has 0 bridgehead atoms. The van der Waals surface area contributed by atoms with Crippen LogP contribution in [0.4, 0.5) is 4.79 Å². The third-order valence-electron chi connectivity index (χ3n) is 6.35. The molecule has 0 aromatic carbocycles. The second-order valence-corrected chi connectivity index (χ2v) is 13.9. The summed E-state index contributed by atoms with van der Waals surface area (Å²) < 4.78 is 23.2. The highest BCUT2D eigenvalue weighted by Crippen LogP contribution is 2.48. The normalized spacial score (nSPS) is 15.5. The van der Waals surface area contributed by atoms with Crippen molar-refractivity contribution in [3.63, 3.8) is 0 Å². The molecule has 0 fully saturated rings. The Hall–Kier alpha value is -2.47. The maximum Gasteiger partial charge on any atom is 0.513 e. The number of carbonyl (C=O) groups is 3. The van der Waals surface area contributed by atoms with Crippen LogP contribution < -0.4 is 0 Å². The fourth-order valence-corrected chi connectivity index (χ4v) is 5.00. The number of carbonyl (C=O) groups excluding carboxylic acids is 3. The monoisotopic (exact) mass is 602 g/mol. The van der Waals surface area contributed by atoms with Crippen molar-refractivity contribution in [2.24, 2.45) is 21.7 Å². The highest BCUT2D eigenvalue weighted by Gasteiger charge is 2.58. The zero-order valence-corrected chi connectivity index (χ0v) is 27.8. The van der Waals surface area contributed by atoms with Gasteiger partial charge in [0.2, 0.25) is 0 Å². The van der Waals surface area contributed by atoms with E-state index < -0.39 is 40.5 Å². The molecule has 0 rings (SSSR count). The lowest BCUT2D eigenvalue weighted by Crippen LogP contribution is -2.59. The molecule has 0 aliphatic heterocycles. The number of ether oxygens (including phenoxy) is 4. The average Bonchev–Trinajstić information content (AvgIpc) is 2.83. The first kappa shape index (κ1) is 39.5. The minimum atomic E-state index is -1.99. The topological polar surface area (TPSA) is 125 Å². The quantitative estimate of drug-likeness (QED) is 0.0537. The Labute approximate surface area is 252 Å². The summed E-state index contributed by atoms with van der Waals surface area (Å²) in [6, 6.07) is 0. The summed E-state index contributed by atoms with van der Waals surface area (Å²) >= 11 is 0. The van der Waals surface area contributed by atoms with E-state index in [9.17, 15) is 14.4 Å². The molecule has 0 aromatic heterocycles. The van der Waals surface area contributed by atoms with E-state index in [0.29, 0.717) is 12.8 Å². The van der Waals surface area contributed by atoms with Gasteiger partial charge in [0.1, 0.15) is 13.2 Å². The van der Waals surface area contributed by atoms with Gasteiger partial charge >= 0.3 is 18.1 Å². The van der Waals surface area contributed by atoms with Gasteiger partial charge < -0.3 is 18.9 Å². The van der Waals surface area contributed by atoms with Gasteiger partial charge in [-0.3, -0.25) is 9.78 Å². The smallest absolute Gasteiger partial charge is 0.394 e. The Morgan fingerprint density at radius 3 is 1.14 bits per heavy atom. The molecule has 42 heavy (non-hydrogen) atoms. The summed E-state index contributed by atoms with van der Waals surface area (Å²) in [5.41, 5.74) is -2.59. The molecule has 11 heteroatoms. The molecule has 0 radical (unpaired) electrons. The summed E-state index contributed by atoms with van der Waals surface area (Å²) in [7, 11) is 0. The summed E-state index contributed by atoms with van der Waals surface area (Å²) in [4.78, 5) is 59.1. The second-order valence-electron chi connectivity index (χ2n) is 13.9. The third-order valence-corrected chi connectivity index (χ3v) is 6.35. The van der Waals surface area contributed by atoms with Crippen LogP contribution in [-0.4, -0.2) is 56.1 Å². The molecule has 0 spiro atoms. The Kier molecular flexibility index (Phi) is 14.9. The lowest BCUT2D eigenvalue weighted by atomic mass is 9.71.